The van der Waals surface area contributed by atoms with E-state index in [1.165, 1.54) is 5.56 Å². The highest BCUT2D eigenvalue weighted by Crippen LogP contribution is 2.29. The Morgan fingerprint density at radius 1 is 1.07 bits per heavy atom. The third-order valence-corrected chi connectivity index (χ3v) is 4.69. The number of carbonyl (C=O) groups is 1. The molecule has 4 aromatic rings. The summed E-state index contributed by atoms with van der Waals surface area (Å²) in [5.74, 6) is -0.136. The van der Waals surface area contributed by atoms with Crippen LogP contribution >= 0.6 is 0 Å². The van der Waals surface area contributed by atoms with Gasteiger partial charge < -0.3 is 15.0 Å². The van der Waals surface area contributed by atoms with Gasteiger partial charge in [-0.3, -0.25) is 0 Å². The van der Waals surface area contributed by atoms with E-state index in [0.29, 0.717) is 35.7 Å². The van der Waals surface area contributed by atoms with Crippen LogP contribution in [0.2, 0.25) is 0 Å². The molecule has 0 aliphatic rings. The number of nitrogens with two attached hydrogens (primary N) is 1. The van der Waals surface area contributed by atoms with Gasteiger partial charge in [0.05, 0.1) is 24.2 Å². The highest BCUT2D eigenvalue weighted by molar-refractivity contribution is 6.08. The van der Waals surface area contributed by atoms with Gasteiger partial charge in [0.2, 0.25) is 0 Å². The van der Waals surface area contributed by atoms with Gasteiger partial charge in [-0.2, -0.15) is 0 Å². The summed E-state index contributed by atoms with van der Waals surface area (Å²) in [5.41, 5.74) is 11.5. The monoisotopic (exact) mass is 374 g/mol. The lowest BCUT2D eigenvalue weighted by Crippen LogP contribution is -2.10. The minimum atomic E-state index is -0.461. The van der Waals surface area contributed by atoms with Crippen molar-refractivity contribution in [3.63, 3.8) is 0 Å². The van der Waals surface area contributed by atoms with Gasteiger partial charge in [0.15, 0.2) is 5.65 Å². The van der Waals surface area contributed by atoms with Gasteiger partial charge in [0.25, 0.3) is 0 Å². The number of esters is 1. The predicted molar refractivity (Wildman–Crippen MR) is 110 cm³/mol. The Morgan fingerprint density at radius 2 is 1.75 bits per heavy atom. The molecule has 2 N–H and O–H groups in total. The number of nitrogens with zero attached hydrogens (tertiary/aromatic N) is 3. The molecule has 0 unspecified atom stereocenters. The van der Waals surface area contributed by atoms with Crippen molar-refractivity contribution in [2.24, 2.45) is 0 Å². The Morgan fingerprint density at radius 3 is 2.43 bits per heavy atom. The van der Waals surface area contributed by atoms with Crippen LogP contribution in [-0.2, 0) is 11.3 Å². The smallest absolute Gasteiger partial charge is 0.344 e. The zero-order chi connectivity index (χ0) is 19.7. The Bertz CT molecular complexity index is 1160. The maximum atomic E-state index is 12.7. The molecule has 0 spiro atoms. The molecule has 0 fully saturated rings. The van der Waals surface area contributed by atoms with Crippen molar-refractivity contribution in [2.45, 2.75) is 26.8 Å². The topological polar surface area (TPSA) is 83.0 Å². The van der Waals surface area contributed by atoms with Crippen LogP contribution < -0.4 is 5.73 Å². The second kappa shape index (κ2) is 7.31. The second-order valence-electron chi connectivity index (χ2n) is 6.85. The lowest BCUT2D eigenvalue weighted by molar-refractivity contribution is 0.0508. The number of para-hydroxylation sites is 2. The fourth-order valence-electron chi connectivity index (χ4n) is 3.22. The first-order chi connectivity index (χ1) is 13.6. The Hall–Kier alpha value is -3.41. The van der Waals surface area contributed by atoms with Crippen LogP contribution in [0.25, 0.3) is 22.2 Å². The summed E-state index contributed by atoms with van der Waals surface area (Å²) in [6.07, 6.45) is 0.738. The number of aryl methyl sites for hydroxylation is 1. The number of rotatable bonds is 5. The highest BCUT2D eigenvalue weighted by atomic mass is 16.5. The number of nitrogen functional groups attached to an aromatic ring is 1. The molecule has 2 heterocycles. The Kier molecular flexibility index (Phi) is 4.69. The van der Waals surface area contributed by atoms with E-state index in [2.05, 4.69) is 17.1 Å². The summed E-state index contributed by atoms with van der Waals surface area (Å²) >= 11 is 0. The van der Waals surface area contributed by atoms with Gasteiger partial charge in [-0.15, -0.1) is 0 Å². The quantitative estimate of drug-likeness (QED) is 0.532. The van der Waals surface area contributed by atoms with Crippen molar-refractivity contribution in [3.8, 4) is 0 Å². The molecule has 2 aromatic carbocycles. The Balaban J connectivity index is 1.91. The molecule has 0 radical (unpaired) electrons. The SMILES string of the molecule is CCCOC(=O)c1c(N)n(Cc2ccc(C)cc2)c2nc3ccccc3nc12. The summed E-state index contributed by atoms with van der Waals surface area (Å²) in [6, 6.07) is 15.8. The van der Waals surface area contributed by atoms with Crippen molar-refractivity contribution in [1.82, 2.24) is 14.5 Å². The third kappa shape index (κ3) is 3.17. The molecular weight excluding hydrogens is 352 g/mol. The number of carbonyl (C=O) groups excluding carboxylic acids is 1. The first-order valence-electron chi connectivity index (χ1n) is 9.35. The highest BCUT2D eigenvalue weighted by Gasteiger charge is 2.25. The molecule has 0 saturated carbocycles. The maximum Gasteiger partial charge on any atom is 0.344 e. The first kappa shape index (κ1) is 18.0. The van der Waals surface area contributed by atoms with Crippen LogP contribution in [0, 0.1) is 6.92 Å². The molecule has 0 aliphatic heterocycles. The summed E-state index contributed by atoms with van der Waals surface area (Å²) in [4.78, 5) is 22.1. The first-order valence-corrected chi connectivity index (χ1v) is 9.35. The van der Waals surface area contributed by atoms with Crippen molar-refractivity contribution < 1.29 is 9.53 Å². The zero-order valence-electron chi connectivity index (χ0n) is 16.0. The van der Waals surface area contributed by atoms with Crippen LogP contribution in [0.4, 0.5) is 5.82 Å². The van der Waals surface area contributed by atoms with Gasteiger partial charge in [-0.1, -0.05) is 48.9 Å². The molecule has 0 atom stereocenters. The summed E-state index contributed by atoms with van der Waals surface area (Å²) in [5, 5.41) is 0. The van der Waals surface area contributed by atoms with Crippen molar-refractivity contribution >= 4 is 34.0 Å². The number of ether oxygens (including phenoxy) is 1. The van der Waals surface area contributed by atoms with E-state index in [-0.39, 0.29) is 5.56 Å². The van der Waals surface area contributed by atoms with Gasteiger partial charge in [0, 0.05) is 0 Å². The summed E-state index contributed by atoms with van der Waals surface area (Å²) in [7, 11) is 0. The van der Waals surface area contributed by atoms with E-state index < -0.39 is 5.97 Å². The van der Waals surface area contributed by atoms with Crippen LogP contribution in [0.15, 0.2) is 48.5 Å². The molecule has 0 bridgehead atoms. The van der Waals surface area contributed by atoms with Crippen molar-refractivity contribution in [1.29, 1.82) is 0 Å². The van der Waals surface area contributed by atoms with Gasteiger partial charge >= 0.3 is 5.97 Å². The normalized spacial score (nSPS) is 11.2. The molecule has 0 amide bonds. The largest absolute Gasteiger partial charge is 0.462 e. The fraction of sp³-hybridized carbons (Fsp3) is 0.227. The van der Waals surface area contributed by atoms with E-state index in [1.54, 1.807) is 0 Å². The van der Waals surface area contributed by atoms with Crippen molar-refractivity contribution in [3.05, 3.63) is 65.2 Å². The Labute approximate surface area is 163 Å². The van der Waals surface area contributed by atoms with Gasteiger partial charge in [-0.05, 0) is 31.0 Å². The summed E-state index contributed by atoms with van der Waals surface area (Å²) < 4.78 is 7.19. The van der Waals surface area contributed by atoms with E-state index >= 15 is 0 Å². The second-order valence-corrected chi connectivity index (χ2v) is 6.85. The number of benzene rings is 2. The van der Waals surface area contributed by atoms with Crippen LogP contribution in [-0.4, -0.2) is 27.1 Å². The minimum absolute atomic E-state index is 0.286. The minimum Gasteiger partial charge on any atom is -0.462 e. The molecule has 0 saturated heterocycles. The zero-order valence-corrected chi connectivity index (χ0v) is 16.0. The third-order valence-electron chi connectivity index (χ3n) is 4.69. The molecule has 6 heteroatoms. The number of hydrogen-bond acceptors (Lipinski definition) is 5. The van der Waals surface area contributed by atoms with Crippen LogP contribution in [0.5, 0.6) is 0 Å². The number of fused-ring (bicyclic) bond motifs is 2. The maximum absolute atomic E-state index is 12.7. The number of aromatic nitrogens is 3. The number of anilines is 1. The van der Waals surface area contributed by atoms with Gasteiger partial charge in [0.1, 0.15) is 16.9 Å². The molecule has 6 nitrogen and oxygen atoms in total. The van der Waals surface area contributed by atoms with E-state index in [4.69, 9.17) is 15.5 Å². The fourth-order valence-corrected chi connectivity index (χ4v) is 3.22. The van der Waals surface area contributed by atoms with Crippen molar-refractivity contribution in [2.75, 3.05) is 12.3 Å². The van der Waals surface area contributed by atoms with E-state index in [9.17, 15) is 4.79 Å². The lowest BCUT2D eigenvalue weighted by atomic mass is 10.1. The van der Waals surface area contributed by atoms with Crippen LogP contribution in [0.3, 0.4) is 0 Å². The molecule has 28 heavy (non-hydrogen) atoms. The average Bonchev–Trinajstić information content (AvgIpc) is 2.97. The molecule has 4 rings (SSSR count). The van der Waals surface area contributed by atoms with Gasteiger partial charge in [-0.25, -0.2) is 14.8 Å². The lowest BCUT2D eigenvalue weighted by Gasteiger charge is -2.08. The molecule has 142 valence electrons. The van der Waals surface area contributed by atoms with Crippen LogP contribution in [0.1, 0.15) is 34.8 Å². The predicted octanol–water partition coefficient (Wildman–Crippen LogP) is 4.09. The molecule has 2 aromatic heterocycles. The van der Waals surface area contributed by atoms with E-state index in [1.807, 2.05) is 54.8 Å². The average molecular weight is 374 g/mol. The van der Waals surface area contributed by atoms with E-state index in [0.717, 1.165) is 17.5 Å². The number of hydrogen-bond donors (Lipinski definition) is 1. The summed E-state index contributed by atoms with van der Waals surface area (Å²) in [6.45, 7) is 4.83. The molecule has 0 aliphatic carbocycles. The molecular formula is C22H22N4O2. The standard InChI is InChI=1S/C22H22N4O2/c1-3-12-28-22(27)18-19-21(25-17-7-5-4-6-16(17)24-19)26(20(18)23)13-15-10-8-14(2)9-11-15/h4-11H,3,12-13,23H2,1-2H3.